The molecule has 0 radical (unpaired) electrons. The van der Waals surface area contributed by atoms with Gasteiger partial charge in [0.25, 0.3) is 5.91 Å². The van der Waals surface area contributed by atoms with Crippen LogP contribution in [0.15, 0.2) is 18.2 Å². The molecule has 1 heterocycles. The fourth-order valence-electron chi connectivity index (χ4n) is 2.55. The smallest absolute Gasteiger partial charge is 0.307 e. The number of esters is 1. The summed E-state index contributed by atoms with van der Waals surface area (Å²) >= 11 is 0. The summed E-state index contributed by atoms with van der Waals surface area (Å²) in [5.41, 5.74) is 0.786. The lowest BCUT2D eigenvalue weighted by Crippen LogP contribution is -2.34. The second-order valence-electron chi connectivity index (χ2n) is 5.52. The summed E-state index contributed by atoms with van der Waals surface area (Å²) in [6, 6.07) is 4.12. The van der Waals surface area contributed by atoms with E-state index in [9.17, 15) is 14.0 Å². The lowest BCUT2D eigenvalue weighted by Gasteiger charge is -2.19. The van der Waals surface area contributed by atoms with Gasteiger partial charge in [-0.25, -0.2) is 4.39 Å². The van der Waals surface area contributed by atoms with Crippen LogP contribution in [-0.2, 0) is 9.53 Å². The molecule has 1 fully saturated rings. The highest BCUT2D eigenvalue weighted by Gasteiger charge is 2.19. The number of carbonyl (C=O) groups is 2. The SMILES string of the molecule is COC(=O)C[C@@H](C)NC(=O)c1ccc(N2CCCC2)c(F)c1. The highest BCUT2D eigenvalue weighted by molar-refractivity contribution is 5.95. The first kappa shape index (κ1) is 16.3. The van der Waals surface area contributed by atoms with Crippen LogP contribution in [0, 0.1) is 5.82 Å². The molecule has 2 rings (SSSR count). The van der Waals surface area contributed by atoms with Gasteiger partial charge in [-0.1, -0.05) is 0 Å². The second kappa shape index (κ2) is 7.24. The standard InChI is InChI=1S/C16H21FN2O3/c1-11(9-15(20)22-2)18-16(21)12-5-6-14(13(17)10-12)19-7-3-4-8-19/h5-6,10-11H,3-4,7-9H2,1-2H3,(H,18,21)/t11-/m1/s1. The van der Waals surface area contributed by atoms with Gasteiger partial charge in [0, 0.05) is 24.7 Å². The van der Waals surface area contributed by atoms with E-state index in [4.69, 9.17) is 0 Å². The highest BCUT2D eigenvalue weighted by Crippen LogP contribution is 2.24. The van der Waals surface area contributed by atoms with E-state index in [0.29, 0.717) is 5.69 Å². The number of anilines is 1. The van der Waals surface area contributed by atoms with Crippen molar-refractivity contribution in [2.45, 2.75) is 32.2 Å². The molecule has 6 heteroatoms. The second-order valence-corrected chi connectivity index (χ2v) is 5.52. The number of amides is 1. The summed E-state index contributed by atoms with van der Waals surface area (Å²) in [5.74, 6) is -1.19. The molecular formula is C16H21FN2O3. The topological polar surface area (TPSA) is 58.6 Å². The van der Waals surface area contributed by atoms with Crippen molar-refractivity contribution in [2.75, 3.05) is 25.1 Å². The first-order valence-electron chi connectivity index (χ1n) is 7.43. The van der Waals surface area contributed by atoms with E-state index >= 15 is 0 Å². The molecule has 0 saturated carbocycles. The van der Waals surface area contributed by atoms with Gasteiger partial charge < -0.3 is 15.0 Å². The fraction of sp³-hybridized carbons (Fsp3) is 0.500. The minimum atomic E-state index is -0.400. The summed E-state index contributed by atoms with van der Waals surface area (Å²) in [5, 5.41) is 2.66. The zero-order valence-electron chi connectivity index (χ0n) is 12.9. The number of benzene rings is 1. The van der Waals surface area contributed by atoms with Gasteiger partial charge in [-0.2, -0.15) is 0 Å². The highest BCUT2D eigenvalue weighted by atomic mass is 19.1. The number of methoxy groups -OCH3 is 1. The van der Waals surface area contributed by atoms with Crippen molar-refractivity contribution in [3.05, 3.63) is 29.6 Å². The van der Waals surface area contributed by atoms with E-state index in [-0.39, 0.29) is 18.0 Å². The zero-order chi connectivity index (χ0) is 16.1. The van der Waals surface area contributed by atoms with Crippen LogP contribution in [0.5, 0.6) is 0 Å². The molecule has 1 aliphatic rings. The minimum absolute atomic E-state index is 0.0799. The molecule has 0 unspecified atom stereocenters. The Bertz CT molecular complexity index is 556. The van der Waals surface area contributed by atoms with Gasteiger partial charge in [-0.05, 0) is 38.0 Å². The third-order valence-corrected chi connectivity index (χ3v) is 3.73. The maximum atomic E-state index is 14.2. The zero-order valence-corrected chi connectivity index (χ0v) is 12.9. The maximum absolute atomic E-state index is 14.2. The van der Waals surface area contributed by atoms with Gasteiger partial charge in [0.05, 0.1) is 19.2 Å². The Morgan fingerprint density at radius 2 is 2.05 bits per heavy atom. The van der Waals surface area contributed by atoms with Gasteiger partial charge >= 0.3 is 5.97 Å². The molecule has 0 aromatic heterocycles. The van der Waals surface area contributed by atoms with Crippen molar-refractivity contribution in [2.24, 2.45) is 0 Å². The van der Waals surface area contributed by atoms with Crippen LogP contribution in [0.4, 0.5) is 10.1 Å². The Morgan fingerprint density at radius 3 is 2.64 bits per heavy atom. The fourth-order valence-corrected chi connectivity index (χ4v) is 2.55. The van der Waals surface area contributed by atoms with Gasteiger partial charge in [0.15, 0.2) is 0 Å². The number of ether oxygens (including phenoxy) is 1. The van der Waals surface area contributed by atoms with E-state index < -0.39 is 17.7 Å². The van der Waals surface area contributed by atoms with E-state index in [0.717, 1.165) is 25.9 Å². The molecule has 1 aliphatic heterocycles. The molecule has 22 heavy (non-hydrogen) atoms. The molecule has 5 nitrogen and oxygen atoms in total. The number of hydrogen-bond donors (Lipinski definition) is 1. The molecule has 1 aromatic rings. The summed E-state index contributed by atoms with van der Waals surface area (Å²) < 4.78 is 18.7. The van der Waals surface area contributed by atoms with Crippen molar-refractivity contribution in [1.82, 2.24) is 5.32 Å². The quantitative estimate of drug-likeness (QED) is 0.846. The van der Waals surface area contributed by atoms with Crippen LogP contribution in [0.25, 0.3) is 0 Å². The number of halogens is 1. The molecule has 1 amide bonds. The Kier molecular flexibility index (Phi) is 5.35. The average molecular weight is 308 g/mol. The molecular weight excluding hydrogens is 287 g/mol. The summed E-state index contributed by atoms with van der Waals surface area (Å²) in [6.07, 6.45) is 2.20. The van der Waals surface area contributed by atoms with Gasteiger partial charge in [-0.15, -0.1) is 0 Å². The van der Waals surface area contributed by atoms with Crippen molar-refractivity contribution in [3.63, 3.8) is 0 Å². The lowest BCUT2D eigenvalue weighted by molar-refractivity contribution is -0.141. The molecule has 1 N–H and O–H groups in total. The van der Waals surface area contributed by atoms with E-state index in [1.807, 2.05) is 4.90 Å². The minimum Gasteiger partial charge on any atom is -0.469 e. The van der Waals surface area contributed by atoms with Gasteiger partial charge in [0.2, 0.25) is 0 Å². The third-order valence-electron chi connectivity index (χ3n) is 3.73. The monoisotopic (exact) mass is 308 g/mol. The Labute approximate surface area is 129 Å². The Morgan fingerprint density at radius 1 is 1.36 bits per heavy atom. The van der Waals surface area contributed by atoms with Crippen molar-refractivity contribution < 1.29 is 18.7 Å². The summed E-state index contributed by atoms with van der Waals surface area (Å²) in [7, 11) is 1.29. The summed E-state index contributed by atoms with van der Waals surface area (Å²) in [6.45, 7) is 3.39. The largest absolute Gasteiger partial charge is 0.469 e. The van der Waals surface area contributed by atoms with Crippen molar-refractivity contribution in [1.29, 1.82) is 0 Å². The van der Waals surface area contributed by atoms with Crippen LogP contribution in [0.2, 0.25) is 0 Å². The summed E-state index contributed by atoms with van der Waals surface area (Å²) in [4.78, 5) is 25.2. The van der Waals surface area contributed by atoms with E-state index in [1.54, 1.807) is 19.1 Å². The number of hydrogen-bond acceptors (Lipinski definition) is 4. The first-order valence-corrected chi connectivity index (χ1v) is 7.43. The maximum Gasteiger partial charge on any atom is 0.307 e. The predicted octanol–water partition coefficient (Wildman–Crippen LogP) is 2.11. The van der Waals surface area contributed by atoms with Crippen LogP contribution >= 0.6 is 0 Å². The van der Waals surface area contributed by atoms with Crippen LogP contribution in [0.1, 0.15) is 36.5 Å². The van der Waals surface area contributed by atoms with Crippen LogP contribution in [-0.4, -0.2) is 38.1 Å². The van der Waals surface area contributed by atoms with Crippen molar-refractivity contribution in [3.8, 4) is 0 Å². The van der Waals surface area contributed by atoms with Gasteiger partial charge in [0.1, 0.15) is 5.82 Å². The van der Waals surface area contributed by atoms with Crippen LogP contribution < -0.4 is 10.2 Å². The van der Waals surface area contributed by atoms with E-state index in [1.165, 1.54) is 13.2 Å². The number of carbonyl (C=O) groups excluding carboxylic acids is 2. The molecule has 0 spiro atoms. The van der Waals surface area contributed by atoms with Crippen molar-refractivity contribution >= 4 is 17.6 Å². The molecule has 0 aliphatic carbocycles. The first-order chi connectivity index (χ1) is 10.5. The molecule has 1 saturated heterocycles. The van der Waals surface area contributed by atoms with Gasteiger partial charge in [-0.3, -0.25) is 9.59 Å². The molecule has 120 valence electrons. The Hall–Kier alpha value is -2.11. The molecule has 0 bridgehead atoms. The molecule has 1 aromatic carbocycles. The average Bonchev–Trinajstić information content (AvgIpc) is 3.00. The Balaban J connectivity index is 2.01. The van der Waals surface area contributed by atoms with E-state index in [2.05, 4.69) is 10.1 Å². The third kappa shape index (κ3) is 3.96. The predicted molar refractivity (Wildman–Crippen MR) is 81.4 cm³/mol. The number of rotatable bonds is 5. The number of nitrogens with one attached hydrogen (secondary N) is 1. The lowest BCUT2D eigenvalue weighted by atomic mass is 10.1. The molecule has 1 atom stereocenters. The number of nitrogens with zero attached hydrogens (tertiary/aromatic N) is 1. The van der Waals surface area contributed by atoms with Crippen LogP contribution in [0.3, 0.4) is 0 Å². The normalized spacial score (nSPS) is 15.5.